The van der Waals surface area contributed by atoms with Crippen LogP contribution in [-0.2, 0) is 15.1 Å². The Morgan fingerprint density at radius 1 is 1.36 bits per heavy atom. The number of imide groups is 1. The number of rotatable bonds is 4. The van der Waals surface area contributed by atoms with E-state index in [1.807, 2.05) is 6.92 Å². The monoisotopic (exact) mass is 361 g/mol. The third-order valence-corrected chi connectivity index (χ3v) is 4.39. The van der Waals surface area contributed by atoms with Crippen molar-refractivity contribution >= 4 is 12.0 Å². The zero-order valence-corrected chi connectivity index (χ0v) is 13.9. The summed E-state index contributed by atoms with van der Waals surface area (Å²) >= 11 is 0. The predicted octanol–water partition coefficient (Wildman–Crippen LogP) is 4.18. The van der Waals surface area contributed by atoms with E-state index >= 15 is 0 Å². The van der Waals surface area contributed by atoms with Gasteiger partial charge in [-0.15, -0.1) is 0 Å². The van der Waals surface area contributed by atoms with Gasteiger partial charge in [0.1, 0.15) is 11.4 Å². The van der Waals surface area contributed by atoms with Crippen molar-refractivity contribution in [3.8, 4) is 0 Å². The fourth-order valence-corrected chi connectivity index (χ4v) is 2.85. The van der Waals surface area contributed by atoms with Crippen LogP contribution in [0.15, 0.2) is 24.3 Å². The topological polar surface area (TPSA) is 46.6 Å². The van der Waals surface area contributed by atoms with Crippen LogP contribution in [0.5, 0.6) is 0 Å². The summed E-state index contributed by atoms with van der Waals surface area (Å²) in [6, 6.07) is 4.56. The quantitative estimate of drug-likeness (QED) is 0.597. The lowest BCUT2D eigenvalue weighted by molar-refractivity contribution is -0.193. The second kappa shape index (κ2) is 7.01. The molecule has 2 unspecified atom stereocenters. The van der Waals surface area contributed by atoms with E-state index in [4.69, 9.17) is 4.74 Å². The molecule has 0 aromatic heterocycles. The van der Waals surface area contributed by atoms with Crippen LogP contribution in [0.2, 0.25) is 0 Å². The van der Waals surface area contributed by atoms with E-state index < -0.39 is 47.4 Å². The Morgan fingerprint density at radius 3 is 2.60 bits per heavy atom. The number of halogens is 4. The molecule has 1 saturated heterocycles. The van der Waals surface area contributed by atoms with Gasteiger partial charge >= 0.3 is 6.09 Å². The van der Waals surface area contributed by atoms with Crippen molar-refractivity contribution in [2.45, 2.75) is 50.7 Å². The van der Waals surface area contributed by atoms with Gasteiger partial charge in [0.05, 0.1) is 13.0 Å². The third-order valence-electron chi connectivity index (χ3n) is 4.39. The summed E-state index contributed by atoms with van der Waals surface area (Å²) in [6.45, 7) is 2.54. The highest BCUT2D eigenvalue weighted by atomic mass is 19.3. The van der Waals surface area contributed by atoms with Gasteiger partial charge in [-0.25, -0.2) is 27.3 Å². The first kappa shape index (κ1) is 19.2. The molecule has 25 heavy (non-hydrogen) atoms. The van der Waals surface area contributed by atoms with Gasteiger partial charge in [0.15, 0.2) is 6.17 Å². The van der Waals surface area contributed by atoms with Gasteiger partial charge < -0.3 is 4.74 Å². The second-order valence-corrected chi connectivity index (χ2v) is 6.07. The van der Waals surface area contributed by atoms with Crippen LogP contribution in [0.25, 0.3) is 0 Å². The van der Waals surface area contributed by atoms with Gasteiger partial charge in [-0.05, 0) is 19.4 Å². The van der Waals surface area contributed by atoms with E-state index in [1.54, 1.807) is 0 Å². The number of piperidine rings is 1. The summed E-state index contributed by atoms with van der Waals surface area (Å²) in [7, 11) is 0. The number of ether oxygens (including phenoxy) is 1. The Morgan fingerprint density at radius 2 is 2.00 bits per heavy atom. The molecule has 0 bridgehead atoms. The van der Waals surface area contributed by atoms with E-state index in [0.29, 0.717) is 12.8 Å². The number of alkyl halides is 3. The molecule has 0 N–H and O–H groups in total. The largest absolute Gasteiger partial charge is 0.449 e. The first-order chi connectivity index (χ1) is 11.7. The van der Waals surface area contributed by atoms with E-state index in [1.165, 1.54) is 12.1 Å². The Kier molecular flexibility index (Phi) is 5.39. The van der Waals surface area contributed by atoms with Gasteiger partial charge in [-0.3, -0.25) is 4.79 Å². The molecule has 1 aliphatic heterocycles. The Bertz CT molecular complexity index is 667. The standard InChI is InChI=1S/C17H19F4NO3/c1-3-4-9-25-15(24)22-14(23)13(19)10-17(20,21)16(22,2)11-7-5-6-8-12(11)18/h5-8,13H,3-4,9-10H2,1-2H3. The molecular weight excluding hydrogens is 342 g/mol. The Hall–Kier alpha value is -2.12. The van der Waals surface area contributed by atoms with Crippen molar-refractivity contribution in [2.24, 2.45) is 0 Å². The maximum absolute atomic E-state index is 14.7. The first-order valence-electron chi connectivity index (χ1n) is 7.94. The van der Waals surface area contributed by atoms with E-state index in [0.717, 1.165) is 19.1 Å². The summed E-state index contributed by atoms with van der Waals surface area (Å²) < 4.78 is 62.4. The molecule has 4 nitrogen and oxygen atoms in total. The average molecular weight is 361 g/mol. The Labute approximate surface area is 142 Å². The zero-order chi connectivity index (χ0) is 18.8. The number of benzene rings is 1. The van der Waals surface area contributed by atoms with Crippen LogP contribution in [0.1, 0.15) is 38.7 Å². The summed E-state index contributed by atoms with van der Waals surface area (Å²) in [5.41, 5.74) is -3.27. The summed E-state index contributed by atoms with van der Waals surface area (Å²) in [4.78, 5) is 24.5. The molecule has 1 aromatic carbocycles. The van der Waals surface area contributed by atoms with E-state index in [2.05, 4.69) is 0 Å². The van der Waals surface area contributed by atoms with Crippen LogP contribution in [0.4, 0.5) is 22.4 Å². The number of unbranched alkanes of at least 4 members (excludes halogenated alkanes) is 1. The summed E-state index contributed by atoms with van der Waals surface area (Å²) in [5.74, 6) is -6.37. The third kappa shape index (κ3) is 3.21. The second-order valence-electron chi connectivity index (χ2n) is 6.07. The lowest BCUT2D eigenvalue weighted by Crippen LogP contribution is -2.67. The van der Waals surface area contributed by atoms with Crippen molar-refractivity contribution in [3.63, 3.8) is 0 Å². The molecule has 0 radical (unpaired) electrons. The first-order valence-corrected chi connectivity index (χ1v) is 7.94. The predicted molar refractivity (Wildman–Crippen MR) is 81.3 cm³/mol. The molecule has 2 amide bonds. The highest BCUT2D eigenvalue weighted by Crippen LogP contribution is 2.50. The fraction of sp³-hybridized carbons (Fsp3) is 0.529. The average Bonchev–Trinajstić information content (AvgIpc) is 2.53. The Balaban J connectivity index is 2.55. The molecule has 1 aromatic rings. The number of hydrogen-bond acceptors (Lipinski definition) is 3. The highest BCUT2D eigenvalue weighted by Gasteiger charge is 2.65. The van der Waals surface area contributed by atoms with E-state index in [9.17, 15) is 27.2 Å². The van der Waals surface area contributed by atoms with Gasteiger partial charge in [-0.2, -0.15) is 0 Å². The van der Waals surface area contributed by atoms with Gasteiger partial charge in [0.25, 0.3) is 11.8 Å². The number of nitrogens with zero attached hydrogens (tertiary/aromatic N) is 1. The minimum absolute atomic E-state index is 0.0231. The lowest BCUT2D eigenvalue weighted by atomic mass is 9.77. The molecule has 0 aliphatic carbocycles. The molecule has 2 atom stereocenters. The molecule has 1 heterocycles. The van der Waals surface area contributed by atoms with Gasteiger partial charge in [-0.1, -0.05) is 31.5 Å². The maximum Gasteiger partial charge on any atom is 0.417 e. The minimum Gasteiger partial charge on any atom is -0.449 e. The van der Waals surface area contributed by atoms with Crippen LogP contribution < -0.4 is 0 Å². The lowest BCUT2D eigenvalue weighted by Gasteiger charge is -2.48. The summed E-state index contributed by atoms with van der Waals surface area (Å²) in [5, 5.41) is 0. The zero-order valence-electron chi connectivity index (χ0n) is 13.9. The number of amides is 2. The molecule has 0 spiro atoms. The molecule has 1 aliphatic rings. The SMILES string of the molecule is CCCCOC(=O)N1C(=O)C(F)CC(F)(F)C1(C)c1ccccc1F. The number of likely N-dealkylation sites (tertiary alicyclic amines) is 1. The number of carbonyl (C=O) groups is 2. The smallest absolute Gasteiger partial charge is 0.417 e. The molecule has 0 saturated carbocycles. The van der Waals surface area contributed by atoms with Crippen molar-refractivity contribution in [2.75, 3.05) is 6.61 Å². The minimum atomic E-state index is -3.88. The summed E-state index contributed by atoms with van der Waals surface area (Å²) in [6.07, 6.45) is -4.32. The van der Waals surface area contributed by atoms with Crippen molar-refractivity contribution in [1.29, 1.82) is 0 Å². The molecule has 138 valence electrons. The van der Waals surface area contributed by atoms with E-state index in [-0.39, 0.29) is 11.5 Å². The van der Waals surface area contributed by atoms with Crippen LogP contribution in [0, 0.1) is 5.82 Å². The molecule has 1 fully saturated rings. The van der Waals surface area contributed by atoms with Crippen molar-refractivity contribution < 1.29 is 31.9 Å². The maximum atomic E-state index is 14.7. The van der Waals surface area contributed by atoms with Gasteiger partial charge in [0, 0.05) is 5.56 Å². The van der Waals surface area contributed by atoms with Crippen LogP contribution >= 0.6 is 0 Å². The van der Waals surface area contributed by atoms with Gasteiger partial charge in [0.2, 0.25) is 0 Å². The number of hydrogen-bond donors (Lipinski definition) is 0. The van der Waals surface area contributed by atoms with Crippen molar-refractivity contribution in [3.05, 3.63) is 35.6 Å². The molecule has 2 rings (SSSR count). The van der Waals surface area contributed by atoms with Crippen molar-refractivity contribution in [1.82, 2.24) is 4.90 Å². The molecule has 8 heteroatoms. The molecular formula is C17H19F4NO3. The fourth-order valence-electron chi connectivity index (χ4n) is 2.85. The highest BCUT2D eigenvalue weighted by molar-refractivity contribution is 5.96. The van der Waals surface area contributed by atoms with Crippen LogP contribution in [0.3, 0.4) is 0 Å². The van der Waals surface area contributed by atoms with Crippen LogP contribution in [-0.4, -0.2) is 35.6 Å². The number of carbonyl (C=O) groups excluding carboxylic acids is 2. The normalized spacial score (nSPS) is 25.8.